The first kappa shape index (κ1) is 9.97. The smallest absolute Gasteiger partial charge is 0.339 e. The molecule has 78 valence electrons. The molecule has 0 spiro atoms. The van der Waals surface area contributed by atoms with Crippen LogP contribution < -0.4 is 0 Å². The monoisotopic (exact) mass is 202 g/mol. The lowest BCUT2D eigenvalue weighted by Crippen LogP contribution is -2.07. The van der Waals surface area contributed by atoms with E-state index in [-0.39, 0.29) is 12.1 Å². The normalized spacial score (nSPS) is 19.9. The summed E-state index contributed by atoms with van der Waals surface area (Å²) in [6.45, 7) is 2.09. The van der Waals surface area contributed by atoms with E-state index in [1.165, 1.54) is 0 Å². The summed E-state index contributed by atoms with van der Waals surface area (Å²) in [5.41, 5.74) is 1.65. The van der Waals surface area contributed by atoms with Crippen molar-refractivity contribution in [2.45, 2.75) is 25.9 Å². The molecule has 0 saturated carbocycles. The Balaban J connectivity index is 2.22. The molecule has 0 bridgehead atoms. The number of hydrogen-bond acceptors (Lipinski definition) is 2. The molecular formula is C13H14O2. The average molecular weight is 202 g/mol. The summed E-state index contributed by atoms with van der Waals surface area (Å²) < 4.78 is 5.24. The number of hydrogen-bond donors (Lipinski definition) is 0. The molecule has 0 radical (unpaired) electrons. The van der Waals surface area contributed by atoms with Crippen LogP contribution in [0.4, 0.5) is 0 Å². The van der Waals surface area contributed by atoms with Gasteiger partial charge in [-0.3, -0.25) is 0 Å². The number of carbonyl (C=O) groups excluding carboxylic acids is 1. The van der Waals surface area contributed by atoms with Gasteiger partial charge in [0, 0.05) is 0 Å². The Morgan fingerprint density at radius 3 is 2.67 bits per heavy atom. The Labute approximate surface area is 89.6 Å². The largest absolute Gasteiger partial charge is 0.454 e. The average Bonchev–Trinajstić information content (AvgIpc) is 2.61. The molecule has 2 heteroatoms. The van der Waals surface area contributed by atoms with E-state index in [1.54, 1.807) is 0 Å². The van der Waals surface area contributed by atoms with Crippen molar-refractivity contribution in [1.82, 2.24) is 0 Å². The molecule has 0 aromatic heterocycles. The number of esters is 1. The van der Waals surface area contributed by atoms with Gasteiger partial charge in [-0.2, -0.15) is 0 Å². The van der Waals surface area contributed by atoms with Crippen molar-refractivity contribution in [2.75, 3.05) is 0 Å². The first-order valence-electron chi connectivity index (χ1n) is 5.29. The molecule has 1 aliphatic heterocycles. The molecule has 1 aromatic rings. The van der Waals surface area contributed by atoms with Gasteiger partial charge >= 0.3 is 5.97 Å². The van der Waals surface area contributed by atoms with Crippen molar-refractivity contribution in [2.24, 2.45) is 0 Å². The maximum atomic E-state index is 11.6. The lowest BCUT2D eigenvalue weighted by Gasteiger charge is -2.04. The maximum absolute atomic E-state index is 11.6. The zero-order valence-corrected chi connectivity index (χ0v) is 8.77. The van der Waals surface area contributed by atoms with Crippen molar-refractivity contribution < 1.29 is 9.53 Å². The highest BCUT2D eigenvalue weighted by atomic mass is 16.5. The summed E-state index contributed by atoms with van der Waals surface area (Å²) in [7, 11) is 0. The van der Waals surface area contributed by atoms with Crippen molar-refractivity contribution in [3.8, 4) is 0 Å². The number of ether oxygens (including phenoxy) is 1. The van der Waals surface area contributed by atoms with Crippen molar-refractivity contribution in [3.05, 3.63) is 42.0 Å². The van der Waals surface area contributed by atoms with Gasteiger partial charge in [-0.05, 0) is 18.1 Å². The number of rotatable bonds is 3. The summed E-state index contributed by atoms with van der Waals surface area (Å²) in [6.07, 6.45) is 3.83. The summed E-state index contributed by atoms with van der Waals surface area (Å²) in [5, 5.41) is 0. The van der Waals surface area contributed by atoms with Crippen LogP contribution in [0.1, 0.15) is 25.3 Å². The Bertz CT molecular complexity index is 379. The molecule has 0 N–H and O–H groups in total. The quantitative estimate of drug-likeness (QED) is 0.704. The molecule has 1 aliphatic rings. The third-order valence-electron chi connectivity index (χ3n) is 2.49. The Morgan fingerprint density at radius 2 is 2.00 bits per heavy atom. The van der Waals surface area contributed by atoms with E-state index in [0.717, 1.165) is 18.4 Å². The molecule has 15 heavy (non-hydrogen) atoms. The molecule has 1 unspecified atom stereocenters. The van der Waals surface area contributed by atoms with E-state index in [1.807, 2.05) is 36.4 Å². The molecule has 0 saturated heterocycles. The highest BCUT2D eigenvalue weighted by Gasteiger charge is 2.25. The van der Waals surface area contributed by atoms with Gasteiger partial charge in [-0.25, -0.2) is 4.79 Å². The Kier molecular flexibility index (Phi) is 2.86. The third kappa shape index (κ3) is 2.09. The molecule has 0 amide bonds. The fraction of sp³-hybridized carbons (Fsp3) is 0.308. The van der Waals surface area contributed by atoms with Gasteiger partial charge in [0.2, 0.25) is 0 Å². The second kappa shape index (κ2) is 4.30. The highest BCUT2D eigenvalue weighted by molar-refractivity contribution is 6.18. The maximum Gasteiger partial charge on any atom is 0.339 e. The summed E-state index contributed by atoms with van der Waals surface area (Å²) in [5.74, 6) is -0.195. The molecule has 0 fully saturated rings. The Hall–Kier alpha value is -1.57. The standard InChI is InChI=1S/C13H14O2/c1-2-6-11-9-12(13(14)15-11)10-7-4-3-5-8-10/h3-5,7-9,11H,2,6H2,1H3. The SMILES string of the molecule is CCCC1C=C(c2ccccc2)C(=O)O1. The third-order valence-corrected chi connectivity index (χ3v) is 2.49. The van der Waals surface area contributed by atoms with Crippen LogP contribution in [0, 0.1) is 0 Å². The number of benzene rings is 1. The second-order valence-corrected chi connectivity index (χ2v) is 3.68. The lowest BCUT2D eigenvalue weighted by molar-refractivity contribution is -0.137. The van der Waals surface area contributed by atoms with Crippen LogP contribution in [0.25, 0.3) is 5.57 Å². The van der Waals surface area contributed by atoms with E-state index < -0.39 is 0 Å². The van der Waals surface area contributed by atoms with E-state index in [2.05, 4.69) is 6.92 Å². The van der Waals surface area contributed by atoms with Crippen LogP contribution in [0.3, 0.4) is 0 Å². The van der Waals surface area contributed by atoms with Crippen LogP contribution in [0.2, 0.25) is 0 Å². The van der Waals surface area contributed by atoms with Crippen LogP contribution in [-0.4, -0.2) is 12.1 Å². The topological polar surface area (TPSA) is 26.3 Å². The van der Waals surface area contributed by atoms with Crippen LogP contribution in [0.5, 0.6) is 0 Å². The van der Waals surface area contributed by atoms with Crippen LogP contribution in [0.15, 0.2) is 36.4 Å². The zero-order chi connectivity index (χ0) is 10.7. The summed E-state index contributed by atoms with van der Waals surface area (Å²) in [6, 6.07) is 9.66. The molecular weight excluding hydrogens is 188 g/mol. The van der Waals surface area contributed by atoms with Crippen LogP contribution >= 0.6 is 0 Å². The summed E-state index contributed by atoms with van der Waals surface area (Å²) in [4.78, 5) is 11.6. The summed E-state index contributed by atoms with van der Waals surface area (Å²) >= 11 is 0. The number of cyclic esters (lactones) is 1. The van der Waals surface area contributed by atoms with E-state index in [9.17, 15) is 4.79 Å². The Morgan fingerprint density at radius 1 is 1.27 bits per heavy atom. The van der Waals surface area contributed by atoms with Gasteiger partial charge in [-0.15, -0.1) is 0 Å². The van der Waals surface area contributed by atoms with E-state index in [0.29, 0.717) is 5.57 Å². The first-order chi connectivity index (χ1) is 7.31. The van der Waals surface area contributed by atoms with Crippen molar-refractivity contribution in [3.63, 3.8) is 0 Å². The molecule has 1 atom stereocenters. The molecule has 1 aromatic carbocycles. The van der Waals surface area contributed by atoms with Gasteiger partial charge in [0.15, 0.2) is 0 Å². The van der Waals surface area contributed by atoms with Crippen molar-refractivity contribution in [1.29, 1.82) is 0 Å². The fourth-order valence-electron chi connectivity index (χ4n) is 1.75. The minimum atomic E-state index is -0.195. The minimum Gasteiger partial charge on any atom is -0.454 e. The predicted molar refractivity (Wildman–Crippen MR) is 59.2 cm³/mol. The predicted octanol–water partition coefficient (Wildman–Crippen LogP) is 2.80. The second-order valence-electron chi connectivity index (χ2n) is 3.68. The van der Waals surface area contributed by atoms with Gasteiger partial charge < -0.3 is 4.74 Å². The molecule has 2 rings (SSSR count). The van der Waals surface area contributed by atoms with Gasteiger partial charge in [0.25, 0.3) is 0 Å². The lowest BCUT2D eigenvalue weighted by atomic mass is 10.1. The fourth-order valence-corrected chi connectivity index (χ4v) is 1.75. The highest BCUT2D eigenvalue weighted by Crippen LogP contribution is 2.25. The van der Waals surface area contributed by atoms with E-state index in [4.69, 9.17) is 4.74 Å². The van der Waals surface area contributed by atoms with E-state index >= 15 is 0 Å². The van der Waals surface area contributed by atoms with Gasteiger partial charge in [0.1, 0.15) is 6.10 Å². The van der Waals surface area contributed by atoms with Gasteiger partial charge in [0.05, 0.1) is 5.57 Å². The van der Waals surface area contributed by atoms with Gasteiger partial charge in [-0.1, -0.05) is 43.7 Å². The van der Waals surface area contributed by atoms with Crippen LogP contribution in [-0.2, 0) is 9.53 Å². The molecule has 1 heterocycles. The van der Waals surface area contributed by atoms with Crippen molar-refractivity contribution >= 4 is 11.5 Å². The molecule has 2 nitrogen and oxygen atoms in total. The minimum absolute atomic E-state index is 0.0299. The zero-order valence-electron chi connectivity index (χ0n) is 8.77. The molecule has 0 aliphatic carbocycles. The first-order valence-corrected chi connectivity index (χ1v) is 5.29. The number of carbonyl (C=O) groups is 1.